The van der Waals surface area contributed by atoms with E-state index >= 15 is 0 Å². The highest BCUT2D eigenvalue weighted by atomic mass is 16.3. The van der Waals surface area contributed by atoms with Gasteiger partial charge in [0, 0.05) is 5.69 Å². The van der Waals surface area contributed by atoms with Crippen LogP contribution in [0.5, 0.6) is 0 Å². The molecule has 0 spiro atoms. The lowest BCUT2D eigenvalue weighted by Gasteiger charge is -2.15. The summed E-state index contributed by atoms with van der Waals surface area (Å²) in [6.07, 6.45) is 0.106. The first-order chi connectivity index (χ1) is 12.0. The number of carbonyl (C=O) groups is 1. The van der Waals surface area contributed by atoms with Crippen LogP contribution in [0, 0.1) is 6.92 Å². The van der Waals surface area contributed by atoms with Crippen LogP contribution >= 0.6 is 0 Å². The van der Waals surface area contributed by atoms with Gasteiger partial charge in [-0.15, -0.1) is 0 Å². The molecule has 1 amide bonds. The number of imidazole rings is 1. The van der Waals surface area contributed by atoms with Gasteiger partial charge in [0.25, 0.3) is 0 Å². The minimum Gasteiger partial charge on any atom is -0.385 e. The number of rotatable bonds is 5. The lowest BCUT2D eigenvalue weighted by molar-refractivity contribution is -0.116. The van der Waals surface area contributed by atoms with E-state index < -0.39 is 6.10 Å². The maximum atomic E-state index is 12.7. The molecule has 0 fully saturated rings. The highest BCUT2D eigenvalue weighted by Crippen LogP contribution is 2.23. The first-order valence-corrected chi connectivity index (χ1v) is 8.52. The summed E-state index contributed by atoms with van der Waals surface area (Å²) in [6, 6.07) is 13.6. The number of aliphatic hydroxyl groups is 1. The molecule has 130 valence electrons. The lowest BCUT2D eigenvalue weighted by Crippen LogP contribution is -2.22. The van der Waals surface area contributed by atoms with Crippen LogP contribution in [-0.2, 0) is 17.8 Å². The SMILES string of the molecule is CCc1cccc(C)c1NC(=O)Cn1c(C(C)O)nc2ccccc21. The van der Waals surface area contributed by atoms with Crippen LogP contribution in [0.15, 0.2) is 42.5 Å². The molecule has 0 aliphatic rings. The van der Waals surface area contributed by atoms with Gasteiger partial charge in [0.05, 0.1) is 11.0 Å². The van der Waals surface area contributed by atoms with E-state index in [1.807, 2.05) is 49.4 Å². The molecule has 2 aromatic carbocycles. The first kappa shape index (κ1) is 17.2. The third-order valence-electron chi connectivity index (χ3n) is 4.36. The van der Waals surface area contributed by atoms with E-state index in [1.165, 1.54) is 0 Å². The molecular weight excluding hydrogens is 314 g/mol. The molecule has 5 heteroatoms. The number of aryl methyl sites for hydroxylation is 2. The molecule has 25 heavy (non-hydrogen) atoms. The highest BCUT2D eigenvalue weighted by molar-refractivity contribution is 5.93. The van der Waals surface area contributed by atoms with Gasteiger partial charge in [-0.3, -0.25) is 4.79 Å². The third-order valence-corrected chi connectivity index (χ3v) is 4.36. The summed E-state index contributed by atoms with van der Waals surface area (Å²) in [5.74, 6) is 0.367. The fraction of sp³-hybridized carbons (Fsp3) is 0.300. The highest BCUT2D eigenvalue weighted by Gasteiger charge is 2.17. The van der Waals surface area contributed by atoms with Crippen LogP contribution in [0.1, 0.15) is 36.9 Å². The van der Waals surface area contributed by atoms with Crippen molar-refractivity contribution in [1.82, 2.24) is 9.55 Å². The normalized spacial score (nSPS) is 12.3. The predicted molar refractivity (Wildman–Crippen MR) is 99.6 cm³/mol. The number of hydrogen-bond donors (Lipinski definition) is 2. The van der Waals surface area contributed by atoms with Crippen LogP contribution in [0.3, 0.4) is 0 Å². The van der Waals surface area contributed by atoms with Crippen molar-refractivity contribution >= 4 is 22.6 Å². The van der Waals surface area contributed by atoms with Crippen molar-refractivity contribution in [1.29, 1.82) is 0 Å². The molecule has 1 heterocycles. The Morgan fingerprint density at radius 1 is 1.24 bits per heavy atom. The number of hydrogen-bond acceptors (Lipinski definition) is 3. The topological polar surface area (TPSA) is 67.2 Å². The second-order valence-electron chi connectivity index (χ2n) is 6.23. The molecule has 2 N–H and O–H groups in total. The van der Waals surface area contributed by atoms with Crippen molar-refractivity contribution in [3.8, 4) is 0 Å². The predicted octanol–water partition coefficient (Wildman–Crippen LogP) is 3.60. The minimum absolute atomic E-state index is 0.109. The van der Waals surface area contributed by atoms with Crippen molar-refractivity contribution in [2.75, 3.05) is 5.32 Å². The molecule has 0 aliphatic carbocycles. The van der Waals surface area contributed by atoms with Crippen LogP contribution in [-0.4, -0.2) is 20.6 Å². The lowest BCUT2D eigenvalue weighted by atomic mass is 10.1. The monoisotopic (exact) mass is 337 g/mol. The molecule has 3 rings (SSSR count). The Labute approximate surface area is 147 Å². The van der Waals surface area contributed by atoms with Crippen molar-refractivity contribution < 1.29 is 9.90 Å². The molecule has 1 atom stereocenters. The maximum Gasteiger partial charge on any atom is 0.244 e. The van der Waals surface area contributed by atoms with E-state index in [4.69, 9.17) is 0 Å². The average molecular weight is 337 g/mol. The molecule has 0 aliphatic heterocycles. The summed E-state index contributed by atoms with van der Waals surface area (Å²) in [5.41, 5.74) is 4.64. The van der Waals surface area contributed by atoms with Gasteiger partial charge in [0.15, 0.2) is 0 Å². The van der Waals surface area contributed by atoms with Gasteiger partial charge in [-0.2, -0.15) is 0 Å². The van der Waals surface area contributed by atoms with E-state index in [0.717, 1.165) is 34.3 Å². The van der Waals surface area contributed by atoms with E-state index in [1.54, 1.807) is 11.5 Å². The molecule has 3 aromatic rings. The maximum absolute atomic E-state index is 12.7. The van der Waals surface area contributed by atoms with E-state index in [0.29, 0.717) is 5.82 Å². The van der Waals surface area contributed by atoms with Crippen LogP contribution in [0.4, 0.5) is 5.69 Å². The molecule has 0 bridgehead atoms. The van der Waals surface area contributed by atoms with Crippen LogP contribution in [0.25, 0.3) is 11.0 Å². The summed E-state index contributed by atoms with van der Waals surface area (Å²) < 4.78 is 1.78. The number of fused-ring (bicyclic) bond motifs is 1. The van der Waals surface area contributed by atoms with E-state index in [-0.39, 0.29) is 12.5 Å². The number of aromatic nitrogens is 2. The zero-order valence-electron chi connectivity index (χ0n) is 14.8. The second kappa shape index (κ2) is 7.07. The Bertz CT molecular complexity index is 912. The average Bonchev–Trinajstić information content (AvgIpc) is 2.95. The van der Waals surface area contributed by atoms with Crippen molar-refractivity contribution in [3.63, 3.8) is 0 Å². The number of carbonyl (C=O) groups excluding carboxylic acids is 1. The Morgan fingerprint density at radius 2 is 2.00 bits per heavy atom. The number of benzene rings is 2. The molecule has 0 saturated heterocycles. The summed E-state index contributed by atoms with van der Waals surface area (Å²) in [7, 11) is 0. The first-order valence-electron chi connectivity index (χ1n) is 8.52. The Kier molecular flexibility index (Phi) is 4.86. The molecule has 1 unspecified atom stereocenters. The van der Waals surface area contributed by atoms with E-state index in [2.05, 4.69) is 17.2 Å². The van der Waals surface area contributed by atoms with Gasteiger partial charge in [-0.1, -0.05) is 37.3 Å². The van der Waals surface area contributed by atoms with Gasteiger partial charge in [0.1, 0.15) is 18.5 Å². The molecule has 5 nitrogen and oxygen atoms in total. The fourth-order valence-corrected chi connectivity index (χ4v) is 3.10. The number of aliphatic hydroxyl groups excluding tert-OH is 1. The number of anilines is 1. The molecule has 0 radical (unpaired) electrons. The minimum atomic E-state index is -0.745. The Hall–Kier alpha value is -2.66. The number of amides is 1. The van der Waals surface area contributed by atoms with Crippen LogP contribution in [0.2, 0.25) is 0 Å². The Balaban J connectivity index is 1.92. The number of nitrogens with one attached hydrogen (secondary N) is 1. The summed E-state index contributed by atoms with van der Waals surface area (Å²) in [5, 5.41) is 13.0. The summed E-state index contributed by atoms with van der Waals surface area (Å²) in [4.78, 5) is 17.1. The standard InChI is InChI=1S/C20H23N3O2/c1-4-15-9-7-8-13(2)19(15)22-18(25)12-23-17-11-6-5-10-16(17)21-20(23)14(3)24/h5-11,14,24H,4,12H2,1-3H3,(H,22,25). The Morgan fingerprint density at radius 3 is 2.72 bits per heavy atom. The largest absolute Gasteiger partial charge is 0.385 e. The fourth-order valence-electron chi connectivity index (χ4n) is 3.10. The third kappa shape index (κ3) is 3.42. The van der Waals surface area contributed by atoms with Crippen molar-refractivity contribution in [2.45, 2.75) is 39.8 Å². The molecule has 0 saturated carbocycles. The molecular formula is C20H23N3O2. The van der Waals surface area contributed by atoms with E-state index in [9.17, 15) is 9.90 Å². The zero-order valence-corrected chi connectivity index (χ0v) is 14.8. The number of nitrogens with zero attached hydrogens (tertiary/aromatic N) is 2. The van der Waals surface area contributed by atoms with Gasteiger partial charge < -0.3 is 15.0 Å². The van der Waals surface area contributed by atoms with Crippen LogP contribution < -0.4 is 5.32 Å². The summed E-state index contributed by atoms with van der Waals surface area (Å²) in [6.45, 7) is 5.83. The van der Waals surface area contributed by atoms with Crippen molar-refractivity contribution in [3.05, 3.63) is 59.4 Å². The van der Waals surface area contributed by atoms with Gasteiger partial charge >= 0.3 is 0 Å². The van der Waals surface area contributed by atoms with Gasteiger partial charge in [0.2, 0.25) is 5.91 Å². The quantitative estimate of drug-likeness (QED) is 0.747. The van der Waals surface area contributed by atoms with Gasteiger partial charge in [-0.05, 0) is 43.5 Å². The zero-order chi connectivity index (χ0) is 18.0. The number of para-hydroxylation sites is 3. The smallest absolute Gasteiger partial charge is 0.244 e. The molecule has 1 aromatic heterocycles. The summed E-state index contributed by atoms with van der Waals surface area (Å²) >= 11 is 0. The van der Waals surface area contributed by atoms with Gasteiger partial charge in [-0.25, -0.2) is 4.98 Å². The second-order valence-corrected chi connectivity index (χ2v) is 6.23. The van der Waals surface area contributed by atoms with Crippen molar-refractivity contribution in [2.24, 2.45) is 0 Å².